The highest BCUT2D eigenvalue weighted by atomic mass is 16.8. The van der Waals surface area contributed by atoms with Crippen molar-refractivity contribution in [2.45, 2.75) is 0 Å². The number of methoxy groups -OCH3 is 1. The van der Waals surface area contributed by atoms with Crippen molar-refractivity contribution in [3.8, 4) is 5.75 Å². The van der Waals surface area contributed by atoms with E-state index < -0.39 is 0 Å². The average molecular weight is 194 g/mol. The lowest BCUT2D eigenvalue weighted by atomic mass is 10.2. The summed E-state index contributed by atoms with van der Waals surface area (Å²) in [6, 6.07) is 3.02. The van der Waals surface area contributed by atoms with Crippen LogP contribution in [0.4, 0.5) is 0 Å². The Labute approximate surface area is 78.2 Å². The quantitative estimate of drug-likeness (QED) is 0.506. The van der Waals surface area contributed by atoms with Crippen molar-refractivity contribution < 1.29 is 19.1 Å². The number of hydrogen-bond donors (Lipinski definition) is 0. The fraction of sp³-hybridized carbons (Fsp3) is 0.125. The van der Waals surface area contributed by atoms with Gasteiger partial charge in [-0.2, -0.15) is 0 Å². The molecule has 0 spiro atoms. The molecule has 0 atom stereocenters. The standard InChI is InChI=1S/C8H6N2O4/c1-13-6-3-2-5(4-11)7-8(6)10(12)14-9-7/h2-4H,1H3. The van der Waals surface area contributed by atoms with Gasteiger partial charge in [0.05, 0.1) is 12.7 Å². The predicted molar refractivity (Wildman–Crippen MR) is 44.9 cm³/mol. The van der Waals surface area contributed by atoms with Gasteiger partial charge in [0.2, 0.25) is 0 Å². The fourth-order valence-electron chi connectivity index (χ4n) is 1.23. The Morgan fingerprint density at radius 3 is 3.07 bits per heavy atom. The Morgan fingerprint density at radius 2 is 2.43 bits per heavy atom. The van der Waals surface area contributed by atoms with Gasteiger partial charge in [-0.3, -0.25) is 9.42 Å². The van der Waals surface area contributed by atoms with Gasteiger partial charge in [-0.15, -0.1) is 0 Å². The molecular formula is C8H6N2O4. The summed E-state index contributed by atoms with van der Waals surface area (Å²) in [6.45, 7) is 0. The second-order valence-corrected chi connectivity index (χ2v) is 2.60. The van der Waals surface area contributed by atoms with Crippen LogP contribution in [0.1, 0.15) is 10.4 Å². The minimum atomic E-state index is 0.122. The zero-order valence-corrected chi connectivity index (χ0v) is 7.26. The van der Waals surface area contributed by atoms with Crippen LogP contribution in [0.15, 0.2) is 16.8 Å². The molecule has 72 valence electrons. The van der Waals surface area contributed by atoms with Crippen LogP contribution in [0.2, 0.25) is 0 Å². The van der Waals surface area contributed by atoms with E-state index >= 15 is 0 Å². The van der Waals surface area contributed by atoms with Gasteiger partial charge in [0, 0.05) is 5.16 Å². The molecule has 1 aromatic heterocycles. The Hall–Kier alpha value is -2.11. The van der Waals surface area contributed by atoms with Gasteiger partial charge in [0.15, 0.2) is 12.0 Å². The number of fused-ring (bicyclic) bond motifs is 1. The molecule has 14 heavy (non-hydrogen) atoms. The van der Waals surface area contributed by atoms with E-state index in [0.717, 1.165) is 0 Å². The maximum Gasteiger partial charge on any atom is 0.268 e. The third-order valence-electron chi connectivity index (χ3n) is 1.88. The van der Waals surface area contributed by atoms with E-state index in [4.69, 9.17) is 4.74 Å². The number of rotatable bonds is 2. The first-order valence-corrected chi connectivity index (χ1v) is 3.79. The number of nitrogens with zero attached hydrogens (tertiary/aromatic N) is 2. The summed E-state index contributed by atoms with van der Waals surface area (Å²) in [4.78, 5) is 10.8. The zero-order valence-electron chi connectivity index (χ0n) is 7.26. The zero-order chi connectivity index (χ0) is 10.1. The number of carbonyl (C=O) groups is 1. The molecule has 0 N–H and O–H groups in total. The highest BCUT2D eigenvalue weighted by Crippen LogP contribution is 2.23. The average Bonchev–Trinajstić information content (AvgIpc) is 2.60. The van der Waals surface area contributed by atoms with Crippen LogP contribution in [-0.2, 0) is 0 Å². The predicted octanol–water partition coefficient (Wildman–Crippen LogP) is 0.282. The number of carbonyl (C=O) groups excluding carboxylic acids is 1. The van der Waals surface area contributed by atoms with Gasteiger partial charge in [0.25, 0.3) is 11.0 Å². The number of benzene rings is 1. The molecule has 0 fully saturated rings. The maximum atomic E-state index is 11.1. The van der Waals surface area contributed by atoms with Crippen LogP contribution >= 0.6 is 0 Å². The topological polar surface area (TPSA) is 79.3 Å². The third-order valence-corrected chi connectivity index (χ3v) is 1.88. The molecule has 6 nitrogen and oxygen atoms in total. The number of hydrogen-bond acceptors (Lipinski definition) is 5. The number of aldehydes is 1. The van der Waals surface area contributed by atoms with Gasteiger partial charge in [-0.1, -0.05) is 0 Å². The molecular weight excluding hydrogens is 188 g/mol. The molecule has 0 amide bonds. The molecule has 1 heterocycles. The van der Waals surface area contributed by atoms with Gasteiger partial charge in [-0.05, 0) is 17.0 Å². The summed E-state index contributed by atoms with van der Waals surface area (Å²) in [5.74, 6) is 0.321. The van der Waals surface area contributed by atoms with Gasteiger partial charge >= 0.3 is 0 Å². The lowest BCUT2D eigenvalue weighted by molar-refractivity contribution is -0.782. The Morgan fingerprint density at radius 1 is 1.64 bits per heavy atom. The van der Waals surface area contributed by atoms with E-state index in [1.807, 2.05) is 0 Å². The normalized spacial score (nSPS) is 10.4. The van der Waals surface area contributed by atoms with Crippen molar-refractivity contribution in [1.29, 1.82) is 0 Å². The summed E-state index contributed by atoms with van der Waals surface area (Å²) in [5.41, 5.74) is 0.616. The van der Waals surface area contributed by atoms with Crippen molar-refractivity contribution in [2.75, 3.05) is 7.11 Å². The van der Waals surface area contributed by atoms with Crippen LogP contribution in [0.25, 0.3) is 11.0 Å². The fourth-order valence-corrected chi connectivity index (χ4v) is 1.23. The molecule has 2 rings (SSSR count). The third kappa shape index (κ3) is 1.00. The van der Waals surface area contributed by atoms with E-state index in [1.165, 1.54) is 19.2 Å². The first kappa shape index (κ1) is 8.49. The van der Waals surface area contributed by atoms with E-state index in [1.54, 1.807) is 0 Å². The second-order valence-electron chi connectivity index (χ2n) is 2.60. The summed E-state index contributed by atoms with van der Waals surface area (Å²) >= 11 is 0. The Kier molecular flexibility index (Phi) is 1.81. The Bertz CT molecular complexity index is 491. The van der Waals surface area contributed by atoms with Crippen LogP contribution in [0.5, 0.6) is 5.75 Å². The van der Waals surface area contributed by atoms with Gasteiger partial charge in [-0.25, -0.2) is 0 Å². The first-order chi connectivity index (χ1) is 6.77. The SMILES string of the molecule is COc1ccc(C=O)c2no[n+]([O-])c12. The van der Waals surface area contributed by atoms with Crippen molar-refractivity contribution in [2.24, 2.45) is 0 Å². The monoisotopic (exact) mass is 194 g/mol. The molecule has 0 aliphatic rings. The van der Waals surface area contributed by atoms with Crippen LogP contribution in [0, 0.1) is 5.21 Å². The molecule has 0 aliphatic carbocycles. The molecule has 2 aromatic rings. The molecule has 1 aromatic carbocycles. The molecule has 0 bridgehead atoms. The molecule has 0 saturated carbocycles. The van der Waals surface area contributed by atoms with Crippen molar-refractivity contribution in [3.63, 3.8) is 0 Å². The molecule has 6 heteroatoms. The van der Waals surface area contributed by atoms with Gasteiger partial charge < -0.3 is 9.94 Å². The number of aromatic nitrogens is 2. The highest BCUT2D eigenvalue weighted by molar-refractivity contribution is 5.94. The summed E-state index contributed by atoms with van der Waals surface area (Å²) in [6.07, 6.45) is 0.601. The lowest BCUT2D eigenvalue weighted by Crippen LogP contribution is -2.23. The van der Waals surface area contributed by atoms with Crippen LogP contribution < -0.4 is 9.64 Å². The highest BCUT2D eigenvalue weighted by Gasteiger charge is 2.18. The molecule has 0 unspecified atom stereocenters. The van der Waals surface area contributed by atoms with Crippen LogP contribution in [-0.4, -0.2) is 18.6 Å². The minimum absolute atomic E-state index is 0.122. The lowest BCUT2D eigenvalue weighted by Gasteiger charge is -1.98. The van der Waals surface area contributed by atoms with Crippen molar-refractivity contribution >= 4 is 17.3 Å². The first-order valence-electron chi connectivity index (χ1n) is 3.79. The summed E-state index contributed by atoms with van der Waals surface area (Å²) in [7, 11) is 1.42. The molecule has 0 aliphatic heterocycles. The summed E-state index contributed by atoms with van der Waals surface area (Å²) < 4.78 is 9.30. The molecule has 0 radical (unpaired) electrons. The van der Waals surface area contributed by atoms with E-state index in [9.17, 15) is 10.0 Å². The smallest absolute Gasteiger partial charge is 0.268 e. The minimum Gasteiger partial charge on any atom is -0.492 e. The van der Waals surface area contributed by atoms with E-state index in [0.29, 0.717) is 17.6 Å². The van der Waals surface area contributed by atoms with Crippen molar-refractivity contribution in [1.82, 2.24) is 5.16 Å². The maximum absolute atomic E-state index is 11.1. The van der Waals surface area contributed by atoms with Crippen molar-refractivity contribution in [3.05, 3.63) is 22.9 Å². The molecule has 0 saturated heterocycles. The van der Waals surface area contributed by atoms with Crippen LogP contribution in [0.3, 0.4) is 0 Å². The largest absolute Gasteiger partial charge is 0.492 e. The Balaban J connectivity index is 2.87. The summed E-state index contributed by atoms with van der Waals surface area (Å²) in [5, 5.41) is 14.6. The van der Waals surface area contributed by atoms with E-state index in [2.05, 4.69) is 9.79 Å². The van der Waals surface area contributed by atoms with E-state index in [-0.39, 0.29) is 15.9 Å². The number of ether oxygens (including phenoxy) is 1. The second kappa shape index (κ2) is 2.99. The van der Waals surface area contributed by atoms with Gasteiger partial charge in [0.1, 0.15) is 0 Å².